The Morgan fingerprint density at radius 2 is 1.56 bits per heavy atom. The molecule has 0 aliphatic heterocycles. The van der Waals surface area contributed by atoms with Crippen molar-refractivity contribution in [3.63, 3.8) is 0 Å². The molecular weight excluding hydrogens is 187 g/mol. The van der Waals surface area contributed by atoms with Crippen molar-refractivity contribution in [2.24, 2.45) is 0 Å². The van der Waals surface area contributed by atoms with Crippen LogP contribution in [-0.4, -0.2) is 4.98 Å². The normalized spacial score (nSPS) is 6.00. The fourth-order valence-electron chi connectivity index (χ4n) is 0.277. The van der Waals surface area contributed by atoms with Crippen molar-refractivity contribution in [2.75, 3.05) is 0 Å². The smallest absolute Gasteiger partial charge is 0 e. The first kappa shape index (κ1) is 12.0. The van der Waals surface area contributed by atoms with E-state index in [-0.39, 0.29) is 32.7 Å². The van der Waals surface area contributed by atoms with Gasteiger partial charge >= 0.3 is 0 Å². The van der Waals surface area contributed by atoms with Gasteiger partial charge in [0, 0.05) is 32.7 Å². The van der Waals surface area contributed by atoms with Gasteiger partial charge in [-0.05, 0) is 0 Å². The summed E-state index contributed by atoms with van der Waals surface area (Å²) in [4.78, 5) is 3.75. The Hall–Kier alpha value is 0.254. The third kappa shape index (κ3) is 8.25. The molecule has 0 saturated heterocycles. The fraction of sp³-hybridized carbons (Fsp3) is 0.286. The molecule has 1 radical (unpaired) electrons. The largest absolute Gasteiger partial charge is 0.391 e. The fourth-order valence-corrected chi connectivity index (χ4v) is 0.277. The molecule has 0 aromatic carbocycles. The molecule has 2 heteroatoms. The van der Waals surface area contributed by atoms with Crippen LogP contribution in [0.15, 0.2) is 24.5 Å². The van der Waals surface area contributed by atoms with Gasteiger partial charge in [-0.2, -0.15) is 18.2 Å². The zero-order chi connectivity index (χ0) is 6.24. The molecule has 0 unspecified atom stereocenters. The van der Waals surface area contributed by atoms with E-state index in [4.69, 9.17) is 0 Å². The van der Waals surface area contributed by atoms with Crippen LogP contribution in [0.5, 0.6) is 0 Å². The van der Waals surface area contributed by atoms with E-state index < -0.39 is 0 Å². The van der Waals surface area contributed by atoms with E-state index in [1.54, 1.807) is 24.5 Å². The van der Waals surface area contributed by atoms with Crippen molar-refractivity contribution in [1.82, 2.24) is 4.98 Å². The van der Waals surface area contributed by atoms with Crippen molar-refractivity contribution in [2.45, 2.75) is 13.8 Å². The summed E-state index contributed by atoms with van der Waals surface area (Å²) < 4.78 is 0. The van der Waals surface area contributed by atoms with Crippen LogP contribution in [0.3, 0.4) is 0 Å². The summed E-state index contributed by atoms with van der Waals surface area (Å²) in [5.41, 5.74) is 0. The SMILES string of the molecule is CC.[Y].[c-]1ccncc1. The van der Waals surface area contributed by atoms with Gasteiger partial charge in [-0.3, -0.25) is 0 Å². The van der Waals surface area contributed by atoms with Crippen molar-refractivity contribution >= 4 is 0 Å². The number of pyridine rings is 1. The van der Waals surface area contributed by atoms with Gasteiger partial charge < -0.3 is 4.98 Å². The molecular formula is C7H10NY-. The molecule has 0 bridgehead atoms. The van der Waals surface area contributed by atoms with Crippen LogP contribution >= 0.6 is 0 Å². The van der Waals surface area contributed by atoms with Crippen molar-refractivity contribution in [3.05, 3.63) is 30.6 Å². The maximum absolute atomic E-state index is 3.75. The Kier molecular flexibility index (Phi) is 14.8. The molecule has 0 aliphatic carbocycles. The summed E-state index contributed by atoms with van der Waals surface area (Å²) in [6.07, 6.45) is 3.39. The second-order valence-corrected chi connectivity index (χ2v) is 0.947. The zero-order valence-electron chi connectivity index (χ0n) is 5.83. The van der Waals surface area contributed by atoms with E-state index in [0.29, 0.717) is 0 Å². The third-order valence-electron chi connectivity index (χ3n) is 0.514. The van der Waals surface area contributed by atoms with Gasteiger partial charge in [0.05, 0.1) is 0 Å². The van der Waals surface area contributed by atoms with Crippen molar-refractivity contribution < 1.29 is 32.7 Å². The maximum atomic E-state index is 3.75. The van der Waals surface area contributed by atoms with Gasteiger partial charge in [0.25, 0.3) is 0 Å². The number of hydrogen-bond acceptors (Lipinski definition) is 1. The second-order valence-electron chi connectivity index (χ2n) is 0.947. The minimum Gasteiger partial charge on any atom is -0.391 e. The average Bonchev–Trinajstić information content (AvgIpc) is 1.96. The minimum atomic E-state index is 0. The summed E-state index contributed by atoms with van der Waals surface area (Å²) in [5, 5.41) is 0. The van der Waals surface area contributed by atoms with Gasteiger partial charge in [-0.25, -0.2) is 0 Å². The van der Waals surface area contributed by atoms with Crippen LogP contribution < -0.4 is 0 Å². The third-order valence-corrected chi connectivity index (χ3v) is 0.514. The second kappa shape index (κ2) is 11.1. The molecule has 47 valence electrons. The van der Waals surface area contributed by atoms with Crippen molar-refractivity contribution in [3.8, 4) is 0 Å². The molecule has 0 atom stereocenters. The molecule has 0 N–H and O–H groups in total. The van der Waals surface area contributed by atoms with E-state index in [9.17, 15) is 0 Å². The van der Waals surface area contributed by atoms with Crippen molar-refractivity contribution in [1.29, 1.82) is 0 Å². The molecule has 1 nitrogen and oxygen atoms in total. The summed E-state index contributed by atoms with van der Waals surface area (Å²) >= 11 is 0. The van der Waals surface area contributed by atoms with Gasteiger partial charge in [0.1, 0.15) is 0 Å². The first-order valence-corrected chi connectivity index (χ1v) is 2.76. The summed E-state index contributed by atoms with van der Waals surface area (Å²) in [7, 11) is 0. The standard InChI is InChI=1S/C5H4N.C2H6.Y/c1-2-4-6-5-3-1;1-2;/h2-5H;1-2H3;/q-1;;. The molecule has 9 heavy (non-hydrogen) atoms. The van der Waals surface area contributed by atoms with Gasteiger partial charge in [-0.1, -0.05) is 26.2 Å². The Labute approximate surface area is 81.8 Å². The minimum absolute atomic E-state index is 0. The Bertz CT molecular complexity index is 80.8. The summed E-state index contributed by atoms with van der Waals surface area (Å²) in [6, 6.07) is 6.36. The Morgan fingerprint density at radius 3 is 1.67 bits per heavy atom. The Morgan fingerprint density at radius 1 is 1.11 bits per heavy atom. The summed E-state index contributed by atoms with van der Waals surface area (Å²) in [5.74, 6) is 0. The number of nitrogens with zero attached hydrogens (tertiary/aromatic N) is 1. The Balaban J connectivity index is 0. The van der Waals surface area contributed by atoms with E-state index in [0.717, 1.165) is 0 Å². The predicted molar refractivity (Wildman–Crippen MR) is 34.4 cm³/mol. The average molecular weight is 197 g/mol. The monoisotopic (exact) mass is 197 g/mol. The maximum Gasteiger partial charge on any atom is 0 e. The van der Waals surface area contributed by atoms with Gasteiger partial charge in [0.15, 0.2) is 0 Å². The van der Waals surface area contributed by atoms with Crippen LogP contribution in [0, 0.1) is 6.07 Å². The van der Waals surface area contributed by atoms with E-state index in [2.05, 4.69) is 11.1 Å². The molecule has 1 rings (SSSR count). The quantitative estimate of drug-likeness (QED) is 0.579. The van der Waals surface area contributed by atoms with E-state index >= 15 is 0 Å². The van der Waals surface area contributed by atoms with Gasteiger partial charge in [0.2, 0.25) is 0 Å². The van der Waals surface area contributed by atoms with Crippen LogP contribution in [0.1, 0.15) is 13.8 Å². The van der Waals surface area contributed by atoms with Crippen LogP contribution in [-0.2, 0) is 32.7 Å². The summed E-state index contributed by atoms with van der Waals surface area (Å²) in [6.45, 7) is 4.00. The molecule has 0 amide bonds. The number of aromatic nitrogens is 1. The number of hydrogen-bond donors (Lipinski definition) is 0. The number of rotatable bonds is 0. The van der Waals surface area contributed by atoms with Gasteiger partial charge in [-0.15, -0.1) is 0 Å². The predicted octanol–water partition coefficient (Wildman–Crippen LogP) is 1.91. The van der Waals surface area contributed by atoms with Crippen LogP contribution in [0.25, 0.3) is 0 Å². The topological polar surface area (TPSA) is 12.9 Å². The first-order chi connectivity index (χ1) is 4.00. The zero-order valence-corrected chi connectivity index (χ0v) is 8.67. The van der Waals surface area contributed by atoms with E-state index in [1.807, 2.05) is 13.8 Å². The van der Waals surface area contributed by atoms with Crippen LogP contribution in [0.4, 0.5) is 0 Å². The molecule has 1 aromatic rings. The molecule has 0 spiro atoms. The first-order valence-electron chi connectivity index (χ1n) is 2.76. The molecule has 1 heterocycles. The van der Waals surface area contributed by atoms with E-state index in [1.165, 1.54) is 0 Å². The van der Waals surface area contributed by atoms with Crippen LogP contribution in [0.2, 0.25) is 0 Å². The molecule has 0 fully saturated rings. The molecule has 0 saturated carbocycles. The molecule has 1 aromatic heterocycles. The molecule has 0 aliphatic rings.